The summed E-state index contributed by atoms with van der Waals surface area (Å²) in [7, 11) is 2.40. The molecular formula is C33H33ClF2N6O8. The number of anilines is 1. The van der Waals surface area contributed by atoms with Crippen LogP contribution in [-0.2, 0) is 14.2 Å². The first-order chi connectivity index (χ1) is 23.6. The number of nitrogens with zero attached hydrogens (tertiary/aromatic N) is 6. The van der Waals surface area contributed by atoms with Crippen LogP contribution in [0.15, 0.2) is 70.3 Å². The first-order valence-electron chi connectivity index (χ1n) is 15.0. The maximum atomic E-state index is 13.2. The number of halogens is 3. The molecule has 264 valence electrons. The fourth-order valence-corrected chi connectivity index (χ4v) is 4.80. The molecule has 1 amide bonds. The molecule has 2 aromatic heterocycles. The van der Waals surface area contributed by atoms with Crippen LogP contribution in [0.3, 0.4) is 0 Å². The largest absolute Gasteiger partial charge is 0.464 e. The topological polar surface area (TPSA) is 155 Å². The third kappa shape index (κ3) is 9.07. The van der Waals surface area contributed by atoms with Crippen molar-refractivity contribution < 1.29 is 37.4 Å². The third-order valence-corrected chi connectivity index (χ3v) is 7.26. The summed E-state index contributed by atoms with van der Waals surface area (Å²) in [5.41, 5.74) is -0.899. The second kappa shape index (κ2) is 15.7. The van der Waals surface area contributed by atoms with Gasteiger partial charge in [-0.05, 0) is 69.3 Å². The Labute approximate surface area is 289 Å². The van der Waals surface area contributed by atoms with E-state index in [1.165, 1.54) is 68.8 Å². The Balaban J connectivity index is 0.000000252. The molecule has 1 fully saturated rings. The van der Waals surface area contributed by atoms with Crippen molar-refractivity contribution in [1.29, 1.82) is 0 Å². The molecule has 3 heterocycles. The maximum Gasteiger partial charge on any atom is 0.410 e. The van der Waals surface area contributed by atoms with Crippen molar-refractivity contribution in [3.05, 3.63) is 109 Å². The minimum absolute atomic E-state index is 0.0443. The van der Waals surface area contributed by atoms with E-state index in [4.69, 9.17) is 21.1 Å². The van der Waals surface area contributed by atoms with Crippen LogP contribution in [0.5, 0.6) is 0 Å². The predicted molar refractivity (Wildman–Crippen MR) is 177 cm³/mol. The molecule has 0 radical (unpaired) electrons. The van der Waals surface area contributed by atoms with Gasteiger partial charge < -0.3 is 24.0 Å². The van der Waals surface area contributed by atoms with Gasteiger partial charge in [-0.3, -0.25) is 9.59 Å². The summed E-state index contributed by atoms with van der Waals surface area (Å²) in [6.07, 6.45) is -0.412. The molecular weight excluding hydrogens is 682 g/mol. The van der Waals surface area contributed by atoms with Crippen molar-refractivity contribution >= 4 is 35.3 Å². The van der Waals surface area contributed by atoms with Crippen LogP contribution in [0.25, 0.3) is 11.4 Å². The van der Waals surface area contributed by atoms with Gasteiger partial charge in [0.05, 0.1) is 36.3 Å². The zero-order valence-electron chi connectivity index (χ0n) is 27.7. The Bertz CT molecular complexity index is 1990. The van der Waals surface area contributed by atoms with Gasteiger partial charge in [-0.1, -0.05) is 11.6 Å². The zero-order chi connectivity index (χ0) is 36.7. The van der Waals surface area contributed by atoms with Gasteiger partial charge in [0, 0.05) is 38.3 Å². The van der Waals surface area contributed by atoms with E-state index < -0.39 is 46.4 Å². The molecule has 0 bridgehead atoms. The zero-order valence-corrected chi connectivity index (χ0v) is 28.4. The number of ether oxygens (including phenoxy) is 3. The molecule has 0 atom stereocenters. The van der Waals surface area contributed by atoms with Crippen molar-refractivity contribution in [1.82, 2.24) is 24.5 Å². The first-order valence-corrected chi connectivity index (χ1v) is 15.3. The van der Waals surface area contributed by atoms with Crippen molar-refractivity contribution in [2.75, 3.05) is 45.3 Å². The van der Waals surface area contributed by atoms with Crippen LogP contribution in [-0.4, -0.2) is 88.5 Å². The van der Waals surface area contributed by atoms with Crippen LogP contribution in [0.4, 0.5) is 19.3 Å². The molecule has 0 N–H and O–H groups in total. The van der Waals surface area contributed by atoms with E-state index in [1.54, 1.807) is 30.6 Å². The lowest BCUT2D eigenvalue weighted by molar-refractivity contribution is 0.0239. The molecule has 1 aliphatic rings. The monoisotopic (exact) mass is 714 g/mol. The van der Waals surface area contributed by atoms with Crippen LogP contribution in [0, 0.1) is 11.6 Å². The lowest BCUT2D eigenvalue weighted by Crippen LogP contribution is -2.50. The van der Waals surface area contributed by atoms with E-state index >= 15 is 0 Å². The quantitative estimate of drug-likeness (QED) is 0.217. The number of piperazine rings is 1. The number of carbonyl (C=O) groups is 3. The number of amides is 1. The number of esters is 2. The van der Waals surface area contributed by atoms with Gasteiger partial charge in [0.1, 0.15) is 17.2 Å². The van der Waals surface area contributed by atoms with E-state index in [0.29, 0.717) is 43.2 Å². The average Bonchev–Trinajstić information content (AvgIpc) is 3.08. The molecule has 4 aromatic rings. The molecule has 0 spiro atoms. The van der Waals surface area contributed by atoms with Crippen LogP contribution in [0.2, 0.25) is 5.02 Å². The fourth-order valence-electron chi connectivity index (χ4n) is 4.59. The summed E-state index contributed by atoms with van der Waals surface area (Å²) in [5, 5.41) is 7.90. The van der Waals surface area contributed by atoms with Gasteiger partial charge >= 0.3 is 18.0 Å². The standard InChI is InChI=1S/C21H25FN4O5.C12H8ClFN2O3/c1-21(2,3)31-20(29)25-11-9-24(10-12-25)16-13-17(27)26(23-18(16)19(28)30-4)15-7-5-14(22)6-8-15;1-19-12(18)11-9(13)6-10(17)16(15-11)8-4-2-7(14)3-5-8/h5-8,13H,9-12H2,1-4H3;2-6H,1H3. The summed E-state index contributed by atoms with van der Waals surface area (Å²) >= 11 is 5.75. The smallest absolute Gasteiger partial charge is 0.410 e. The van der Waals surface area contributed by atoms with Crippen molar-refractivity contribution in [3.8, 4) is 11.4 Å². The highest BCUT2D eigenvalue weighted by Gasteiger charge is 2.29. The molecule has 17 heteroatoms. The fraction of sp³-hybridized carbons (Fsp3) is 0.303. The molecule has 2 aromatic carbocycles. The first kappa shape index (κ1) is 37.2. The average molecular weight is 715 g/mol. The molecule has 14 nitrogen and oxygen atoms in total. The number of aromatic nitrogens is 4. The van der Waals surface area contributed by atoms with E-state index in [1.807, 2.05) is 0 Å². The Morgan fingerprint density at radius 3 is 1.62 bits per heavy atom. The number of hydrogen-bond acceptors (Lipinski definition) is 11. The molecule has 5 rings (SSSR count). The minimum atomic E-state index is -0.763. The number of methoxy groups -OCH3 is 2. The highest BCUT2D eigenvalue weighted by atomic mass is 35.5. The maximum absolute atomic E-state index is 13.2. The summed E-state index contributed by atoms with van der Waals surface area (Å²) in [6, 6.07) is 12.6. The number of rotatable bonds is 5. The Morgan fingerprint density at radius 1 is 0.720 bits per heavy atom. The van der Waals surface area contributed by atoms with Gasteiger partial charge in [-0.25, -0.2) is 23.2 Å². The summed E-state index contributed by atoms with van der Waals surface area (Å²) in [5.74, 6) is -2.37. The van der Waals surface area contributed by atoms with Gasteiger partial charge in [0.25, 0.3) is 11.1 Å². The molecule has 0 saturated carbocycles. The number of carbonyl (C=O) groups excluding carboxylic acids is 3. The molecule has 50 heavy (non-hydrogen) atoms. The highest BCUT2D eigenvalue weighted by Crippen LogP contribution is 2.22. The van der Waals surface area contributed by atoms with Crippen molar-refractivity contribution in [2.45, 2.75) is 26.4 Å². The van der Waals surface area contributed by atoms with Gasteiger partial charge in [-0.15, -0.1) is 0 Å². The Hall–Kier alpha value is -5.64. The minimum Gasteiger partial charge on any atom is -0.464 e. The second-order valence-electron chi connectivity index (χ2n) is 11.6. The Kier molecular flexibility index (Phi) is 11.7. The number of benzene rings is 2. The van der Waals surface area contributed by atoms with Gasteiger partial charge in [0.15, 0.2) is 11.4 Å². The van der Waals surface area contributed by atoms with Crippen LogP contribution >= 0.6 is 11.6 Å². The van der Waals surface area contributed by atoms with Crippen molar-refractivity contribution in [2.24, 2.45) is 0 Å². The van der Waals surface area contributed by atoms with Gasteiger partial charge in [0.2, 0.25) is 0 Å². The van der Waals surface area contributed by atoms with E-state index in [2.05, 4.69) is 14.9 Å². The predicted octanol–water partition coefficient (Wildman–Crippen LogP) is 4.03. The van der Waals surface area contributed by atoms with E-state index in [0.717, 1.165) is 15.4 Å². The molecule has 0 unspecified atom stereocenters. The SMILES string of the molecule is COC(=O)c1nn(-c2ccc(F)cc2)c(=O)cc1Cl.COC(=O)c1nn(-c2ccc(F)cc2)c(=O)cc1N1CCN(C(=O)OC(C)(C)C)CC1. The highest BCUT2D eigenvalue weighted by molar-refractivity contribution is 6.33. The van der Waals surface area contributed by atoms with Crippen LogP contribution < -0.4 is 16.0 Å². The normalized spacial score (nSPS) is 12.8. The van der Waals surface area contributed by atoms with E-state index in [-0.39, 0.29) is 16.4 Å². The molecule has 1 saturated heterocycles. The second-order valence-corrected chi connectivity index (χ2v) is 12.0. The molecule has 1 aliphatic heterocycles. The van der Waals surface area contributed by atoms with Crippen LogP contribution in [0.1, 0.15) is 41.7 Å². The lowest BCUT2D eigenvalue weighted by atomic mass is 10.2. The van der Waals surface area contributed by atoms with Crippen molar-refractivity contribution in [3.63, 3.8) is 0 Å². The summed E-state index contributed by atoms with van der Waals surface area (Å²) in [4.78, 5) is 63.9. The third-order valence-electron chi connectivity index (χ3n) is 6.97. The Morgan fingerprint density at radius 2 is 1.16 bits per heavy atom. The number of hydrogen-bond donors (Lipinski definition) is 0. The molecule has 0 aliphatic carbocycles. The summed E-state index contributed by atoms with van der Waals surface area (Å²) in [6.45, 7) is 6.87. The lowest BCUT2D eigenvalue weighted by Gasteiger charge is -2.37. The van der Waals surface area contributed by atoms with E-state index in [9.17, 15) is 32.8 Å². The summed E-state index contributed by atoms with van der Waals surface area (Å²) < 4.78 is 42.8. The van der Waals surface area contributed by atoms with Gasteiger partial charge in [-0.2, -0.15) is 19.6 Å².